The quantitative estimate of drug-likeness (QED) is 0.184. The maximum atomic E-state index is 12.9. The predicted molar refractivity (Wildman–Crippen MR) is 201 cm³/mol. The third-order valence-electron chi connectivity index (χ3n) is 8.60. The van der Waals surface area contributed by atoms with E-state index in [1.54, 1.807) is 66.7 Å². The van der Waals surface area contributed by atoms with Crippen LogP contribution in [0.3, 0.4) is 0 Å². The maximum absolute atomic E-state index is 12.9. The molecule has 266 valence electrons. The van der Waals surface area contributed by atoms with Crippen LogP contribution in [0.2, 0.25) is 0 Å². The summed E-state index contributed by atoms with van der Waals surface area (Å²) in [5.41, 5.74) is 5.98. The number of imidazole rings is 2. The van der Waals surface area contributed by atoms with Crippen molar-refractivity contribution >= 4 is 56.8 Å². The summed E-state index contributed by atoms with van der Waals surface area (Å²) in [4.78, 5) is 68.0. The topological polar surface area (TPSA) is 150 Å². The number of alkyl halides is 1. The molecular formula is C40H39ClN6O5. The summed E-state index contributed by atoms with van der Waals surface area (Å²) in [5.74, 6) is 1.02. The Morgan fingerprint density at radius 3 is 1.42 bits per heavy atom. The Morgan fingerprint density at radius 2 is 1.04 bits per heavy atom. The van der Waals surface area contributed by atoms with E-state index in [9.17, 15) is 19.2 Å². The van der Waals surface area contributed by atoms with E-state index >= 15 is 0 Å². The highest BCUT2D eigenvalue weighted by Crippen LogP contribution is 2.33. The van der Waals surface area contributed by atoms with Gasteiger partial charge < -0.3 is 24.9 Å². The number of nitrogens with zero attached hydrogens (tertiary/aromatic N) is 3. The second-order valence-electron chi connectivity index (χ2n) is 12.7. The van der Waals surface area contributed by atoms with Gasteiger partial charge in [-0.1, -0.05) is 48.5 Å². The minimum absolute atomic E-state index is 0.116. The number of rotatable bonds is 3. The highest BCUT2D eigenvalue weighted by atomic mass is 35.5. The molecule has 52 heavy (non-hydrogen) atoms. The number of aromatic amines is 2. The number of fused-ring (bicyclic) bond motifs is 8. The van der Waals surface area contributed by atoms with Crippen LogP contribution in [0.25, 0.3) is 22.1 Å². The molecule has 1 saturated heterocycles. The Balaban J connectivity index is 0.000000148. The van der Waals surface area contributed by atoms with Gasteiger partial charge in [-0.05, 0) is 65.3 Å². The number of hydrogen-bond donors (Lipinski definition) is 3. The van der Waals surface area contributed by atoms with Gasteiger partial charge in [-0.25, -0.2) is 9.97 Å². The molecule has 11 nitrogen and oxygen atoms in total. The first kappa shape index (κ1) is 36.5. The highest BCUT2D eigenvalue weighted by molar-refractivity contribution is 6.32. The first-order valence-electron chi connectivity index (χ1n) is 16.9. The van der Waals surface area contributed by atoms with E-state index in [0.29, 0.717) is 73.4 Å². The van der Waals surface area contributed by atoms with Gasteiger partial charge in [-0.2, -0.15) is 0 Å². The molecule has 2 aromatic heterocycles. The second-order valence-corrected chi connectivity index (χ2v) is 13.0. The van der Waals surface area contributed by atoms with Crippen LogP contribution in [0.5, 0.6) is 0 Å². The number of halogens is 1. The molecule has 4 aromatic carbocycles. The fourth-order valence-electron chi connectivity index (χ4n) is 6.36. The molecule has 6 aromatic rings. The lowest BCUT2D eigenvalue weighted by molar-refractivity contribution is 0.0980. The van der Waals surface area contributed by atoms with Crippen LogP contribution < -0.4 is 5.32 Å². The monoisotopic (exact) mass is 718 g/mol. The molecule has 3 aliphatic rings. The number of benzene rings is 4. The van der Waals surface area contributed by atoms with Gasteiger partial charge in [0.1, 0.15) is 22.7 Å². The zero-order chi connectivity index (χ0) is 36.9. The van der Waals surface area contributed by atoms with Crippen molar-refractivity contribution in [2.45, 2.75) is 25.3 Å². The molecule has 12 heteroatoms. The number of hydrogen-bond acceptors (Lipinski definition) is 9. The minimum atomic E-state index is -0.168. The van der Waals surface area contributed by atoms with Crippen molar-refractivity contribution < 1.29 is 23.9 Å². The number of ether oxygens (including phenoxy) is 1. The van der Waals surface area contributed by atoms with Crippen molar-refractivity contribution in [3.05, 3.63) is 129 Å². The van der Waals surface area contributed by atoms with E-state index in [4.69, 9.17) is 16.3 Å². The van der Waals surface area contributed by atoms with Gasteiger partial charge in [-0.3, -0.25) is 19.2 Å². The van der Waals surface area contributed by atoms with E-state index in [2.05, 4.69) is 25.3 Å². The second kappa shape index (κ2) is 15.9. The SMILES string of the molecule is C1CCOC1.CN(C)Cc1nc2c3c(ccc2[nH]1)C(=O)c1ccccc1C3=O.CNC.O=C1c2ccccc2C(=O)c2c1ccc1[nH]c(CCl)nc21. The van der Waals surface area contributed by atoms with Crippen molar-refractivity contribution in [3.8, 4) is 0 Å². The van der Waals surface area contributed by atoms with Crippen LogP contribution >= 0.6 is 11.6 Å². The standard InChI is InChI=1S/C18H15N3O2.C16H9ClN2O2.C4H8O.C2H7N/c1-21(2)9-14-19-13-8-7-12-15(16(13)20-14)18(23)11-6-4-3-5-10(11)17(12)22;17-7-12-18-11-6-5-10-13(14(11)19-12)16(21)9-4-2-1-3-8(9)15(10)20;1-2-4-5-3-1;1-3-2/h3-8H,9H2,1-2H3,(H,19,20);1-6H,7H2,(H,18,19);1-4H2;3H,1-2H3. The summed E-state index contributed by atoms with van der Waals surface area (Å²) in [7, 11) is 7.65. The summed E-state index contributed by atoms with van der Waals surface area (Å²) in [6.45, 7) is 2.64. The lowest BCUT2D eigenvalue weighted by Gasteiger charge is -2.17. The molecule has 9 rings (SSSR count). The number of aromatic nitrogens is 4. The Morgan fingerprint density at radius 1 is 0.635 bits per heavy atom. The highest BCUT2D eigenvalue weighted by Gasteiger charge is 2.33. The zero-order valence-electron chi connectivity index (χ0n) is 29.4. The van der Waals surface area contributed by atoms with Crippen molar-refractivity contribution in [2.24, 2.45) is 0 Å². The van der Waals surface area contributed by atoms with Crippen molar-refractivity contribution in [3.63, 3.8) is 0 Å². The van der Waals surface area contributed by atoms with Gasteiger partial charge in [0.15, 0.2) is 23.1 Å². The minimum Gasteiger partial charge on any atom is -0.381 e. The number of nitrogens with one attached hydrogen (secondary N) is 3. The molecule has 2 aliphatic carbocycles. The Labute approximate surface area is 305 Å². The van der Waals surface area contributed by atoms with Gasteiger partial charge in [0.2, 0.25) is 0 Å². The number of H-pyrrole nitrogens is 2. The summed E-state index contributed by atoms with van der Waals surface area (Å²) >= 11 is 5.78. The smallest absolute Gasteiger partial charge is 0.196 e. The van der Waals surface area contributed by atoms with Gasteiger partial charge in [-0.15, -0.1) is 11.6 Å². The third-order valence-corrected chi connectivity index (χ3v) is 8.86. The average molecular weight is 719 g/mol. The van der Waals surface area contributed by atoms with Crippen LogP contribution in [-0.2, 0) is 17.2 Å². The van der Waals surface area contributed by atoms with E-state index in [1.807, 2.05) is 39.2 Å². The maximum Gasteiger partial charge on any atom is 0.196 e. The molecular weight excluding hydrogens is 680 g/mol. The fraction of sp³-hybridized carbons (Fsp3) is 0.250. The summed E-state index contributed by atoms with van der Waals surface area (Å²) in [5, 5.41) is 2.75. The van der Waals surface area contributed by atoms with Gasteiger partial charge in [0.25, 0.3) is 0 Å². The fourth-order valence-corrected chi connectivity index (χ4v) is 6.48. The van der Waals surface area contributed by atoms with Crippen LogP contribution in [0.4, 0.5) is 0 Å². The molecule has 0 bridgehead atoms. The average Bonchev–Trinajstić information content (AvgIpc) is 3.95. The van der Waals surface area contributed by atoms with E-state index in [0.717, 1.165) is 24.6 Å². The van der Waals surface area contributed by atoms with Gasteiger partial charge in [0.05, 0.1) is 34.6 Å². The predicted octanol–water partition coefficient (Wildman–Crippen LogP) is 6.11. The normalized spacial score (nSPS) is 14.0. The number of carbonyl (C=O) groups excluding carboxylic acids is 4. The lowest BCUT2D eigenvalue weighted by Crippen LogP contribution is -2.21. The van der Waals surface area contributed by atoms with Crippen molar-refractivity contribution in [1.82, 2.24) is 30.2 Å². The lowest BCUT2D eigenvalue weighted by atomic mass is 9.83. The molecule has 0 amide bonds. The number of carbonyl (C=O) groups is 4. The van der Waals surface area contributed by atoms with E-state index in [-0.39, 0.29) is 29.0 Å². The molecule has 0 radical (unpaired) electrons. The van der Waals surface area contributed by atoms with E-state index in [1.165, 1.54) is 12.8 Å². The molecule has 0 saturated carbocycles. The molecule has 1 fully saturated rings. The Hall–Kier alpha value is -5.33. The third kappa shape index (κ3) is 7.08. The molecule has 3 heterocycles. The first-order valence-corrected chi connectivity index (χ1v) is 17.5. The van der Waals surface area contributed by atoms with Gasteiger partial charge >= 0.3 is 0 Å². The molecule has 0 spiro atoms. The van der Waals surface area contributed by atoms with Crippen LogP contribution in [0.15, 0.2) is 72.8 Å². The number of ketones is 4. The van der Waals surface area contributed by atoms with Crippen LogP contribution in [0.1, 0.15) is 88.2 Å². The molecule has 0 atom stereocenters. The molecule has 0 unspecified atom stereocenters. The largest absolute Gasteiger partial charge is 0.381 e. The summed E-state index contributed by atoms with van der Waals surface area (Å²) < 4.78 is 4.94. The first-order chi connectivity index (χ1) is 25.2. The van der Waals surface area contributed by atoms with Crippen molar-refractivity contribution in [2.75, 3.05) is 41.4 Å². The van der Waals surface area contributed by atoms with E-state index < -0.39 is 0 Å². The van der Waals surface area contributed by atoms with Crippen LogP contribution in [0, 0.1) is 0 Å². The van der Waals surface area contributed by atoms with Crippen molar-refractivity contribution in [1.29, 1.82) is 0 Å². The summed E-state index contributed by atoms with van der Waals surface area (Å²) in [6.07, 6.45) is 2.56. The van der Waals surface area contributed by atoms with Crippen LogP contribution in [-0.4, -0.2) is 89.4 Å². The molecule has 1 aliphatic heterocycles. The molecule has 3 N–H and O–H groups in total. The van der Waals surface area contributed by atoms with Gasteiger partial charge in [0, 0.05) is 46.6 Å². The zero-order valence-corrected chi connectivity index (χ0v) is 30.2. The summed E-state index contributed by atoms with van der Waals surface area (Å²) in [6, 6.07) is 20.8. The Kier molecular flexibility index (Phi) is 11.2. The Bertz CT molecular complexity index is 2310.